The van der Waals surface area contributed by atoms with Crippen LogP contribution in [0, 0.1) is 0 Å². The highest BCUT2D eigenvalue weighted by Gasteiger charge is 2.23. The summed E-state index contributed by atoms with van der Waals surface area (Å²) in [6.45, 7) is 2.56. The first kappa shape index (κ1) is 16.2. The third-order valence-electron chi connectivity index (χ3n) is 3.85. The fraction of sp³-hybridized carbons (Fsp3) is 0.158. The largest absolute Gasteiger partial charge is 0.487 e. The van der Waals surface area contributed by atoms with Crippen molar-refractivity contribution in [2.24, 2.45) is 0 Å². The summed E-state index contributed by atoms with van der Waals surface area (Å²) in [5.74, 6) is 1.63. The van der Waals surface area contributed by atoms with E-state index in [-0.39, 0.29) is 5.91 Å². The molecule has 0 saturated heterocycles. The number of nitrogens with one attached hydrogen (secondary N) is 1. The number of rotatable bonds is 4. The van der Waals surface area contributed by atoms with E-state index in [0.29, 0.717) is 17.3 Å². The van der Waals surface area contributed by atoms with Crippen LogP contribution in [0.5, 0.6) is 5.75 Å². The predicted molar refractivity (Wildman–Crippen MR) is 103 cm³/mol. The van der Waals surface area contributed by atoms with Crippen LogP contribution in [0.15, 0.2) is 53.4 Å². The number of anilines is 1. The quantitative estimate of drug-likeness (QED) is 0.654. The number of carbonyl (C=O) groups is 1. The van der Waals surface area contributed by atoms with Gasteiger partial charge in [-0.25, -0.2) is 4.98 Å². The van der Waals surface area contributed by atoms with Crippen molar-refractivity contribution in [2.45, 2.75) is 18.4 Å². The van der Waals surface area contributed by atoms with Crippen LogP contribution < -0.4 is 10.1 Å². The first-order valence-electron chi connectivity index (χ1n) is 8.01. The number of carbonyl (C=O) groups excluding carboxylic acids is 1. The third kappa shape index (κ3) is 3.15. The van der Waals surface area contributed by atoms with E-state index >= 15 is 0 Å². The van der Waals surface area contributed by atoms with Crippen LogP contribution in [-0.4, -0.2) is 16.6 Å². The molecule has 2 aromatic carbocycles. The van der Waals surface area contributed by atoms with E-state index in [4.69, 9.17) is 4.74 Å². The Morgan fingerprint density at radius 2 is 2.04 bits per heavy atom. The lowest BCUT2D eigenvalue weighted by Gasteiger charge is -2.15. The van der Waals surface area contributed by atoms with E-state index in [9.17, 15) is 4.79 Å². The molecular weight excluding hydrogens is 352 g/mol. The standard InChI is InChI=1S/C19H16N2O2S2/c1-2-24-15-10-6-4-8-13(15)18(22)21-19-20-17-12-7-3-5-9-14(12)23-11-16(17)25-19/h3-10H,2,11H2,1H3,(H,20,21,22). The van der Waals surface area contributed by atoms with Crippen molar-refractivity contribution in [1.82, 2.24) is 4.98 Å². The van der Waals surface area contributed by atoms with E-state index < -0.39 is 0 Å². The average Bonchev–Trinajstić information content (AvgIpc) is 3.05. The lowest BCUT2D eigenvalue weighted by molar-refractivity contribution is 0.102. The number of benzene rings is 2. The van der Waals surface area contributed by atoms with Crippen molar-refractivity contribution in [2.75, 3.05) is 11.1 Å². The van der Waals surface area contributed by atoms with E-state index in [1.165, 1.54) is 11.3 Å². The van der Waals surface area contributed by atoms with E-state index in [2.05, 4.69) is 17.2 Å². The monoisotopic (exact) mass is 368 g/mol. The van der Waals surface area contributed by atoms with Gasteiger partial charge in [-0.05, 0) is 30.0 Å². The molecule has 4 nitrogen and oxygen atoms in total. The molecule has 1 aliphatic rings. The fourth-order valence-electron chi connectivity index (χ4n) is 2.74. The minimum Gasteiger partial charge on any atom is -0.487 e. The zero-order valence-corrected chi connectivity index (χ0v) is 15.2. The van der Waals surface area contributed by atoms with Crippen LogP contribution in [0.2, 0.25) is 0 Å². The Morgan fingerprint density at radius 3 is 2.92 bits per heavy atom. The van der Waals surface area contributed by atoms with Gasteiger partial charge in [-0.1, -0.05) is 42.5 Å². The summed E-state index contributed by atoms with van der Waals surface area (Å²) in [6.07, 6.45) is 0. The Kier molecular flexibility index (Phi) is 4.46. The molecule has 0 spiro atoms. The van der Waals surface area contributed by atoms with Crippen LogP contribution in [0.3, 0.4) is 0 Å². The number of amides is 1. The summed E-state index contributed by atoms with van der Waals surface area (Å²) in [7, 11) is 0. The molecule has 4 rings (SSSR count). The Morgan fingerprint density at radius 1 is 1.24 bits per heavy atom. The molecule has 0 atom stereocenters. The molecule has 0 bridgehead atoms. The molecule has 1 aliphatic heterocycles. The molecule has 2 heterocycles. The van der Waals surface area contributed by atoms with E-state index in [1.807, 2.05) is 48.5 Å². The van der Waals surface area contributed by atoms with Gasteiger partial charge >= 0.3 is 0 Å². The minimum atomic E-state index is -0.128. The Hall–Kier alpha value is -2.31. The van der Waals surface area contributed by atoms with E-state index in [0.717, 1.165) is 32.5 Å². The van der Waals surface area contributed by atoms with Crippen LogP contribution in [0.1, 0.15) is 22.2 Å². The summed E-state index contributed by atoms with van der Waals surface area (Å²) in [5.41, 5.74) is 2.56. The molecule has 0 aliphatic carbocycles. The summed E-state index contributed by atoms with van der Waals surface area (Å²) in [6, 6.07) is 15.5. The Balaban J connectivity index is 1.61. The number of thiazole rings is 1. The molecule has 0 unspecified atom stereocenters. The topological polar surface area (TPSA) is 51.2 Å². The van der Waals surface area contributed by atoms with Gasteiger partial charge in [0.25, 0.3) is 5.91 Å². The summed E-state index contributed by atoms with van der Waals surface area (Å²) in [5, 5.41) is 3.55. The molecule has 1 N–H and O–H groups in total. The summed E-state index contributed by atoms with van der Waals surface area (Å²) < 4.78 is 5.76. The van der Waals surface area contributed by atoms with Crippen LogP contribution in [0.4, 0.5) is 5.13 Å². The van der Waals surface area contributed by atoms with Crippen molar-refractivity contribution in [1.29, 1.82) is 0 Å². The highest BCUT2D eigenvalue weighted by Crippen LogP contribution is 2.40. The van der Waals surface area contributed by atoms with Gasteiger partial charge in [0, 0.05) is 10.5 Å². The first-order chi connectivity index (χ1) is 12.3. The van der Waals surface area contributed by atoms with Gasteiger partial charge in [-0.15, -0.1) is 11.8 Å². The normalized spacial score (nSPS) is 12.0. The first-order valence-corrected chi connectivity index (χ1v) is 9.81. The number of hydrogen-bond donors (Lipinski definition) is 1. The SMILES string of the molecule is CCSc1ccccc1C(=O)Nc1nc2c(s1)COc1ccccc1-2. The van der Waals surface area contributed by atoms with Crippen LogP contribution in [-0.2, 0) is 6.61 Å². The second-order valence-corrected chi connectivity index (χ2v) is 7.85. The van der Waals surface area contributed by atoms with Crippen molar-refractivity contribution < 1.29 is 9.53 Å². The molecule has 1 aromatic heterocycles. The van der Waals surface area contributed by atoms with Crippen molar-refractivity contribution >= 4 is 34.1 Å². The maximum atomic E-state index is 12.7. The maximum absolute atomic E-state index is 12.7. The molecule has 25 heavy (non-hydrogen) atoms. The molecular formula is C19H16N2O2S2. The zero-order chi connectivity index (χ0) is 17.2. The molecule has 126 valence electrons. The van der Waals surface area contributed by atoms with Gasteiger partial charge in [-0.2, -0.15) is 0 Å². The average molecular weight is 368 g/mol. The van der Waals surface area contributed by atoms with Crippen molar-refractivity contribution in [3.8, 4) is 17.0 Å². The molecule has 0 saturated carbocycles. The Bertz CT molecular complexity index is 937. The van der Waals surface area contributed by atoms with Crippen molar-refractivity contribution in [3.63, 3.8) is 0 Å². The van der Waals surface area contributed by atoms with Gasteiger partial charge in [0.05, 0.1) is 16.1 Å². The Labute approximate surface area is 154 Å². The zero-order valence-electron chi connectivity index (χ0n) is 13.6. The summed E-state index contributed by atoms with van der Waals surface area (Å²) in [4.78, 5) is 19.3. The smallest absolute Gasteiger partial charge is 0.258 e. The maximum Gasteiger partial charge on any atom is 0.258 e. The lowest BCUT2D eigenvalue weighted by Crippen LogP contribution is -2.12. The number of nitrogens with zero attached hydrogens (tertiary/aromatic N) is 1. The number of hydrogen-bond acceptors (Lipinski definition) is 5. The van der Waals surface area contributed by atoms with Gasteiger partial charge in [0.15, 0.2) is 5.13 Å². The predicted octanol–water partition coefficient (Wildman–Crippen LogP) is 5.07. The van der Waals surface area contributed by atoms with Gasteiger partial charge in [0.1, 0.15) is 12.4 Å². The number of thioether (sulfide) groups is 1. The minimum absolute atomic E-state index is 0.128. The van der Waals surface area contributed by atoms with Crippen molar-refractivity contribution in [3.05, 3.63) is 59.0 Å². The summed E-state index contributed by atoms with van der Waals surface area (Å²) >= 11 is 3.13. The second kappa shape index (κ2) is 6.90. The second-order valence-electron chi connectivity index (χ2n) is 5.46. The number of aromatic nitrogens is 1. The highest BCUT2D eigenvalue weighted by atomic mass is 32.2. The highest BCUT2D eigenvalue weighted by molar-refractivity contribution is 7.99. The van der Waals surface area contributed by atoms with Gasteiger partial charge < -0.3 is 4.74 Å². The molecule has 3 aromatic rings. The number of para-hydroxylation sites is 1. The molecule has 6 heteroatoms. The number of ether oxygens (including phenoxy) is 1. The third-order valence-corrected chi connectivity index (χ3v) is 5.75. The van der Waals surface area contributed by atoms with Gasteiger partial charge in [-0.3, -0.25) is 10.1 Å². The number of fused-ring (bicyclic) bond motifs is 3. The molecule has 1 amide bonds. The van der Waals surface area contributed by atoms with Gasteiger partial charge in [0.2, 0.25) is 0 Å². The molecule has 0 radical (unpaired) electrons. The lowest BCUT2D eigenvalue weighted by atomic mass is 10.1. The van der Waals surface area contributed by atoms with Crippen LogP contribution in [0.25, 0.3) is 11.3 Å². The van der Waals surface area contributed by atoms with E-state index in [1.54, 1.807) is 11.8 Å². The molecule has 0 fully saturated rings. The fourth-order valence-corrected chi connectivity index (χ4v) is 4.43. The van der Waals surface area contributed by atoms with Crippen LogP contribution >= 0.6 is 23.1 Å².